The first-order valence-electron chi connectivity index (χ1n) is 6.82. The average Bonchev–Trinajstić information content (AvgIpc) is 2.25. The second-order valence-corrected chi connectivity index (χ2v) is 6.33. The molecule has 0 heterocycles. The van der Waals surface area contributed by atoms with Crippen LogP contribution in [0.15, 0.2) is 0 Å². The lowest BCUT2D eigenvalue weighted by Gasteiger charge is -2.58. The smallest absolute Gasteiger partial charge is 0.312 e. The molecule has 2 heteroatoms. The fourth-order valence-electron chi connectivity index (χ4n) is 4.81. The van der Waals surface area contributed by atoms with Crippen LogP contribution in [0.4, 0.5) is 0 Å². The number of carbonyl (C=O) groups is 1. The third kappa shape index (κ3) is 1.34. The molecule has 0 radical (unpaired) electrons. The molecule has 0 amide bonds. The predicted molar refractivity (Wildman–Crippen MR) is 61.8 cm³/mol. The van der Waals surface area contributed by atoms with E-state index >= 15 is 0 Å². The van der Waals surface area contributed by atoms with Gasteiger partial charge in [0.1, 0.15) is 0 Å². The minimum Gasteiger partial charge on any atom is -0.466 e. The van der Waals surface area contributed by atoms with Gasteiger partial charge in [-0.05, 0) is 62.7 Å². The highest BCUT2D eigenvalue weighted by Gasteiger charge is 2.57. The molecule has 0 aromatic heterocycles. The third-order valence-electron chi connectivity index (χ3n) is 5.45. The summed E-state index contributed by atoms with van der Waals surface area (Å²) >= 11 is 0. The van der Waals surface area contributed by atoms with Crippen LogP contribution in [-0.2, 0) is 9.53 Å². The molecule has 2 atom stereocenters. The van der Waals surface area contributed by atoms with E-state index in [-0.39, 0.29) is 11.4 Å². The number of hydrogen-bond acceptors (Lipinski definition) is 2. The van der Waals surface area contributed by atoms with E-state index in [2.05, 4.69) is 6.92 Å². The zero-order valence-electron chi connectivity index (χ0n) is 10.4. The second-order valence-electron chi connectivity index (χ2n) is 6.33. The van der Waals surface area contributed by atoms with Gasteiger partial charge in [-0.2, -0.15) is 0 Å². The molecule has 4 fully saturated rings. The zero-order valence-corrected chi connectivity index (χ0v) is 10.4. The van der Waals surface area contributed by atoms with Crippen molar-refractivity contribution in [2.24, 2.45) is 29.1 Å². The van der Waals surface area contributed by atoms with Crippen LogP contribution >= 0.6 is 0 Å². The molecule has 4 bridgehead atoms. The molecule has 16 heavy (non-hydrogen) atoms. The summed E-state index contributed by atoms with van der Waals surface area (Å²) in [7, 11) is 0. The Morgan fingerprint density at radius 2 is 1.88 bits per heavy atom. The monoisotopic (exact) mass is 222 g/mol. The van der Waals surface area contributed by atoms with Gasteiger partial charge in [0.2, 0.25) is 0 Å². The minimum absolute atomic E-state index is 0.0704. The minimum atomic E-state index is -0.0704. The Morgan fingerprint density at radius 3 is 2.44 bits per heavy atom. The number of ether oxygens (including phenoxy) is 1. The van der Waals surface area contributed by atoms with E-state index in [0.717, 1.165) is 42.9 Å². The van der Waals surface area contributed by atoms with Crippen molar-refractivity contribution in [2.45, 2.75) is 46.0 Å². The first kappa shape index (κ1) is 10.6. The molecule has 90 valence electrons. The molecule has 4 rings (SSSR count). The molecule has 0 aliphatic heterocycles. The Bertz CT molecular complexity index is 294. The number of hydrogen-bond donors (Lipinski definition) is 0. The van der Waals surface area contributed by atoms with Crippen LogP contribution in [0.1, 0.15) is 46.0 Å². The third-order valence-corrected chi connectivity index (χ3v) is 5.45. The molecular weight excluding hydrogens is 200 g/mol. The van der Waals surface area contributed by atoms with Gasteiger partial charge in [-0.1, -0.05) is 6.92 Å². The highest BCUT2D eigenvalue weighted by Crippen LogP contribution is 2.62. The molecule has 0 aromatic carbocycles. The first-order chi connectivity index (χ1) is 7.64. The van der Waals surface area contributed by atoms with E-state index in [4.69, 9.17) is 4.74 Å². The summed E-state index contributed by atoms with van der Waals surface area (Å²) in [6.07, 6.45) is 6.09. The summed E-state index contributed by atoms with van der Waals surface area (Å²) in [5.74, 6) is 3.38. The molecule has 0 saturated heterocycles. The summed E-state index contributed by atoms with van der Waals surface area (Å²) in [5, 5.41) is 0. The Hall–Kier alpha value is -0.530. The van der Waals surface area contributed by atoms with Crippen LogP contribution in [0.25, 0.3) is 0 Å². The van der Waals surface area contributed by atoms with Crippen LogP contribution in [0.5, 0.6) is 0 Å². The summed E-state index contributed by atoms with van der Waals surface area (Å²) in [6, 6.07) is 0. The van der Waals surface area contributed by atoms with Gasteiger partial charge in [0.05, 0.1) is 12.0 Å². The Balaban J connectivity index is 1.85. The largest absolute Gasteiger partial charge is 0.466 e. The van der Waals surface area contributed by atoms with Crippen molar-refractivity contribution in [2.75, 3.05) is 6.61 Å². The van der Waals surface area contributed by atoms with Crippen LogP contribution in [0.2, 0.25) is 0 Å². The normalized spacial score (nSPS) is 49.4. The highest BCUT2D eigenvalue weighted by atomic mass is 16.5. The van der Waals surface area contributed by atoms with Gasteiger partial charge in [-0.15, -0.1) is 0 Å². The fourth-order valence-corrected chi connectivity index (χ4v) is 4.81. The van der Waals surface area contributed by atoms with E-state index in [1.54, 1.807) is 0 Å². The maximum atomic E-state index is 12.2. The van der Waals surface area contributed by atoms with Gasteiger partial charge >= 0.3 is 5.97 Å². The molecule has 2 nitrogen and oxygen atoms in total. The Labute approximate surface area is 97.7 Å². The van der Waals surface area contributed by atoms with E-state index in [1.165, 1.54) is 12.8 Å². The molecule has 0 aromatic rings. The molecule has 4 aliphatic carbocycles. The van der Waals surface area contributed by atoms with Crippen LogP contribution in [-0.4, -0.2) is 12.6 Å². The van der Waals surface area contributed by atoms with Gasteiger partial charge in [0, 0.05) is 0 Å². The average molecular weight is 222 g/mol. The van der Waals surface area contributed by atoms with Crippen LogP contribution in [0.3, 0.4) is 0 Å². The predicted octanol–water partition coefficient (Wildman–Crippen LogP) is 3.01. The lowest BCUT2D eigenvalue weighted by molar-refractivity contribution is -0.175. The SMILES string of the molecule is CCOC(=O)C12CC3CC(C1)C(C)C(C3)C2. The van der Waals surface area contributed by atoms with Gasteiger partial charge in [0.25, 0.3) is 0 Å². The molecule has 2 unspecified atom stereocenters. The van der Waals surface area contributed by atoms with Crippen molar-refractivity contribution in [3.63, 3.8) is 0 Å². The number of carbonyl (C=O) groups excluding carboxylic acids is 1. The maximum Gasteiger partial charge on any atom is 0.312 e. The van der Waals surface area contributed by atoms with Gasteiger partial charge in [0.15, 0.2) is 0 Å². The van der Waals surface area contributed by atoms with E-state index in [9.17, 15) is 4.79 Å². The fraction of sp³-hybridized carbons (Fsp3) is 0.929. The topological polar surface area (TPSA) is 26.3 Å². The lowest BCUT2D eigenvalue weighted by Crippen LogP contribution is -2.53. The first-order valence-corrected chi connectivity index (χ1v) is 6.82. The van der Waals surface area contributed by atoms with Crippen LogP contribution < -0.4 is 0 Å². The zero-order chi connectivity index (χ0) is 11.3. The Morgan fingerprint density at radius 1 is 1.25 bits per heavy atom. The molecule has 4 aliphatic rings. The van der Waals surface area contributed by atoms with Gasteiger partial charge in [-0.25, -0.2) is 0 Å². The van der Waals surface area contributed by atoms with E-state index < -0.39 is 0 Å². The summed E-state index contributed by atoms with van der Waals surface area (Å²) in [5.41, 5.74) is -0.0704. The highest BCUT2D eigenvalue weighted by molar-refractivity contribution is 5.77. The molecule has 0 spiro atoms. The molecule has 4 saturated carbocycles. The van der Waals surface area contributed by atoms with E-state index in [0.29, 0.717) is 6.61 Å². The van der Waals surface area contributed by atoms with Crippen LogP contribution in [0, 0.1) is 29.1 Å². The maximum absolute atomic E-state index is 12.2. The van der Waals surface area contributed by atoms with Gasteiger partial charge in [-0.3, -0.25) is 4.79 Å². The van der Waals surface area contributed by atoms with Crippen molar-refractivity contribution >= 4 is 5.97 Å². The van der Waals surface area contributed by atoms with Crippen molar-refractivity contribution in [3.8, 4) is 0 Å². The molecule has 0 N–H and O–H groups in total. The van der Waals surface area contributed by atoms with Gasteiger partial charge < -0.3 is 4.74 Å². The van der Waals surface area contributed by atoms with Crippen molar-refractivity contribution in [1.29, 1.82) is 0 Å². The second kappa shape index (κ2) is 3.48. The molecular formula is C14H22O2. The van der Waals surface area contributed by atoms with Crippen molar-refractivity contribution in [3.05, 3.63) is 0 Å². The number of esters is 1. The van der Waals surface area contributed by atoms with Crippen molar-refractivity contribution in [1.82, 2.24) is 0 Å². The standard InChI is InChI=1S/C14H22O2/c1-3-16-13(15)14-6-10-4-11(7-14)9(2)12(5-10)8-14/h9-12H,3-8H2,1-2H3. The summed E-state index contributed by atoms with van der Waals surface area (Å²) < 4.78 is 5.32. The summed E-state index contributed by atoms with van der Waals surface area (Å²) in [6.45, 7) is 4.85. The number of rotatable bonds is 2. The van der Waals surface area contributed by atoms with Crippen molar-refractivity contribution < 1.29 is 9.53 Å². The quantitative estimate of drug-likeness (QED) is 0.671. The lowest BCUT2D eigenvalue weighted by atomic mass is 9.46. The van der Waals surface area contributed by atoms with E-state index in [1.807, 2.05) is 6.92 Å². The Kier molecular flexibility index (Phi) is 2.31. The summed E-state index contributed by atoms with van der Waals surface area (Å²) in [4.78, 5) is 12.2.